The highest BCUT2D eigenvalue weighted by Crippen LogP contribution is 2.31. The minimum absolute atomic E-state index is 0.289. The third-order valence-corrected chi connectivity index (χ3v) is 2.57. The van der Waals surface area contributed by atoms with Crippen LogP contribution < -0.4 is 10.6 Å². The molecule has 19 heavy (non-hydrogen) atoms. The summed E-state index contributed by atoms with van der Waals surface area (Å²) in [5.74, 6) is -1.24. The van der Waals surface area contributed by atoms with Gasteiger partial charge in [0.25, 0.3) is 0 Å². The summed E-state index contributed by atoms with van der Waals surface area (Å²) in [6.45, 7) is 4.66. The van der Waals surface area contributed by atoms with Crippen LogP contribution in [0.1, 0.15) is 24.5 Å². The van der Waals surface area contributed by atoms with Crippen molar-refractivity contribution in [3.63, 3.8) is 0 Å². The molecule has 0 saturated heterocycles. The smallest absolute Gasteiger partial charge is 0.315 e. The van der Waals surface area contributed by atoms with Gasteiger partial charge in [0.05, 0.1) is 5.56 Å². The largest absolute Gasteiger partial charge is 0.419 e. The predicted octanol–water partition coefficient (Wildman–Crippen LogP) is 2.93. The molecule has 0 saturated carbocycles. The molecule has 0 spiro atoms. The van der Waals surface area contributed by atoms with E-state index < -0.39 is 17.6 Å². The summed E-state index contributed by atoms with van der Waals surface area (Å²) in [6.07, 6.45) is -3.62. The van der Waals surface area contributed by atoms with Crippen molar-refractivity contribution in [3.05, 3.63) is 35.1 Å². The van der Waals surface area contributed by atoms with Gasteiger partial charge >= 0.3 is 6.18 Å². The predicted molar refractivity (Wildman–Crippen MR) is 66.3 cm³/mol. The van der Waals surface area contributed by atoms with Crippen molar-refractivity contribution in [2.45, 2.75) is 26.1 Å². The molecule has 0 atom stereocenters. The minimum atomic E-state index is -4.65. The van der Waals surface area contributed by atoms with Crippen LogP contribution in [0.3, 0.4) is 0 Å². The van der Waals surface area contributed by atoms with Gasteiger partial charge in [-0.05, 0) is 30.7 Å². The minimum Gasteiger partial charge on any atom is -0.315 e. The second kappa shape index (κ2) is 7.45. The van der Waals surface area contributed by atoms with Crippen LogP contribution >= 0.6 is 0 Å². The van der Waals surface area contributed by atoms with Gasteiger partial charge in [-0.3, -0.25) is 0 Å². The molecule has 0 fully saturated rings. The molecule has 1 rings (SSSR count). The van der Waals surface area contributed by atoms with E-state index in [4.69, 9.17) is 0 Å². The van der Waals surface area contributed by atoms with Gasteiger partial charge in [-0.1, -0.05) is 13.0 Å². The fraction of sp³-hybridized carbons (Fsp3) is 0.538. The normalized spacial score (nSPS) is 11.8. The van der Waals surface area contributed by atoms with Crippen molar-refractivity contribution in [1.82, 2.24) is 10.6 Å². The standard InChI is InChI=1S/C13H18F4N2/c1-2-5-18-6-7-19-9-10-3-4-12(14)11(8-10)13(15,16)17/h3-4,8,18-19H,2,5-7,9H2,1H3. The molecule has 0 aromatic heterocycles. The summed E-state index contributed by atoms with van der Waals surface area (Å²) in [5, 5.41) is 6.17. The number of halogens is 4. The van der Waals surface area contributed by atoms with Gasteiger partial charge in [0.1, 0.15) is 5.82 Å². The van der Waals surface area contributed by atoms with E-state index in [0.29, 0.717) is 12.1 Å². The molecule has 0 heterocycles. The number of hydrogen-bond acceptors (Lipinski definition) is 2. The Labute approximate surface area is 110 Å². The Morgan fingerprint density at radius 1 is 1.05 bits per heavy atom. The van der Waals surface area contributed by atoms with E-state index in [0.717, 1.165) is 31.6 Å². The SMILES string of the molecule is CCCNCCNCc1ccc(F)c(C(F)(F)F)c1. The van der Waals surface area contributed by atoms with Gasteiger partial charge in [-0.15, -0.1) is 0 Å². The molecule has 0 aliphatic rings. The van der Waals surface area contributed by atoms with Gasteiger partial charge in [0.15, 0.2) is 0 Å². The van der Waals surface area contributed by atoms with Gasteiger partial charge in [-0.25, -0.2) is 4.39 Å². The second-order valence-electron chi connectivity index (χ2n) is 4.24. The van der Waals surface area contributed by atoms with E-state index >= 15 is 0 Å². The lowest BCUT2D eigenvalue weighted by Crippen LogP contribution is -2.27. The Morgan fingerprint density at radius 3 is 2.37 bits per heavy atom. The molecule has 6 heteroatoms. The molecule has 1 aromatic rings. The quantitative estimate of drug-likeness (QED) is 0.592. The van der Waals surface area contributed by atoms with E-state index in [1.54, 1.807) is 0 Å². The highest BCUT2D eigenvalue weighted by molar-refractivity contribution is 5.27. The van der Waals surface area contributed by atoms with Crippen molar-refractivity contribution >= 4 is 0 Å². The van der Waals surface area contributed by atoms with Crippen LogP contribution in [-0.4, -0.2) is 19.6 Å². The summed E-state index contributed by atoms with van der Waals surface area (Å²) in [7, 11) is 0. The first-order valence-electron chi connectivity index (χ1n) is 6.22. The summed E-state index contributed by atoms with van der Waals surface area (Å²) in [6, 6.07) is 3.06. The molecule has 1 aromatic carbocycles. The van der Waals surface area contributed by atoms with Crippen molar-refractivity contribution in [2.24, 2.45) is 0 Å². The maximum atomic E-state index is 13.0. The molecule has 2 N–H and O–H groups in total. The fourth-order valence-corrected chi connectivity index (χ4v) is 1.61. The molecular weight excluding hydrogens is 260 g/mol. The number of alkyl halides is 3. The van der Waals surface area contributed by atoms with Gasteiger partial charge in [0, 0.05) is 19.6 Å². The Bertz CT molecular complexity index is 391. The first kappa shape index (κ1) is 15.9. The molecule has 2 nitrogen and oxygen atoms in total. The van der Waals surface area contributed by atoms with Crippen molar-refractivity contribution in [1.29, 1.82) is 0 Å². The van der Waals surface area contributed by atoms with Crippen molar-refractivity contribution in [2.75, 3.05) is 19.6 Å². The molecule has 0 bridgehead atoms. The third kappa shape index (κ3) is 5.57. The number of benzene rings is 1. The van der Waals surface area contributed by atoms with Crippen LogP contribution in [0.2, 0.25) is 0 Å². The van der Waals surface area contributed by atoms with E-state index in [1.165, 1.54) is 6.07 Å². The zero-order chi connectivity index (χ0) is 14.3. The third-order valence-electron chi connectivity index (χ3n) is 2.57. The maximum Gasteiger partial charge on any atom is 0.419 e. The molecule has 108 valence electrons. The monoisotopic (exact) mass is 278 g/mol. The van der Waals surface area contributed by atoms with E-state index in [1.807, 2.05) is 0 Å². The van der Waals surface area contributed by atoms with E-state index in [9.17, 15) is 17.6 Å². The summed E-state index contributed by atoms with van der Waals surface area (Å²) in [5.41, 5.74) is -0.792. The number of hydrogen-bond donors (Lipinski definition) is 2. The average molecular weight is 278 g/mol. The number of nitrogens with one attached hydrogen (secondary N) is 2. The Hall–Kier alpha value is -1.14. The maximum absolute atomic E-state index is 13.0. The van der Waals surface area contributed by atoms with Crippen molar-refractivity contribution < 1.29 is 17.6 Å². The molecular formula is C13H18F4N2. The zero-order valence-electron chi connectivity index (χ0n) is 10.8. The first-order chi connectivity index (χ1) is 8.95. The van der Waals surface area contributed by atoms with Crippen LogP contribution in [0.25, 0.3) is 0 Å². The molecule has 0 aliphatic heterocycles. The molecule has 0 unspecified atom stereocenters. The number of rotatable bonds is 7. The van der Waals surface area contributed by atoms with Gasteiger partial charge in [-0.2, -0.15) is 13.2 Å². The van der Waals surface area contributed by atoms with Crippen LogP contribution in [0.15, 0.2) is 18.2 Å². The Balaban J connectivity index is 2.47. The van der Waals surface area contributed by atoms with Crippen molar-refractivity contribution in [3.8, 4) is 0 Å². The first-order valence-corrected chi connectivity index (χ1v) is 6.22. The molecule has 0 aliphatic carbocycles. The van der Waals surface area contributed by atoms with Crippen LogP contribution in [-0.2, 0) is 12.7 Å². The zero-order valence-corrected chi connectivity index (χ0v) is 10.8. The molecule has 0 radical (unpaired) electrons. The Kier molecular flexibility index (Phi) is 6.24. The lowest BCUT2D eigenvalue weighted by atomic mass is 10.1. The fourth-order valence-electron chi connectivity index (χ4n) is 1.61. The molecule has 0 amide bonds. The summed E-state index contributed by atoms with van der Waals surface area (Å²) >= 11 is 0. The topological polar surface area (TPSA) is 24.1 Å². The average Bonchev–Trinajstić information content (AvgIpc) is 2.34. The highest BCUT2D eigenvalue weighted by Gasteiger charge is 2.34. The van der Waals surface area contributed by atoms with Crippen LogP contribution in [0.4, 0.5) is 17.6 Å². The lowest BCUT2D eigenvalue weighted by Gasteiger charge is -2.11. The van der Waals surface area contributed by atoms with Crippen LogP contribution in [0.5, 0.6) is 0 Å². The summed E-state index contributed by atoms with van der Waals surface area (Å²) < 4.78 is 50.5. The summed E-state index contributed by atoms with van der Waals surface area (Å²) in [4.78, 5) is 0. The van der Waals surface area contributed by atoms with Gasteiger partial charge < -0.3 is 10.6 Å². The lowest BCUT2D eigenvalue weighted by molar-refractivity contribution is -0.140. The van der Waals surface area contributed by atoms with Crippen LogP contribution in [0, 0.1) is 5.82 Å². The highest BCUT2D eigenvalue weighted by atomic mass is 19.4. The second-order valence-corrected chi connectivity index (χ2v) is 4.24. The van der Waals surface area contributed by atoms with E-state index in [2.05, 4.69) is 17.6 Å². The van der Waals surface area contributed by atoms with E-state index in [-0.39, 0.29) is 6.54 Å². The van der Waals surface area contributed by atoms with Gasteiger partial charge in [0.2, 0.25) is 0 Å². The Morgan fingerprint density at radius 2 is 1.74 bits per heavy atom.